The normalized spacial score (nSPS) is 32.2. The van der Waals surface area contributed by atoms with Crippen LogP contribution in [0, 0.1) is 22.2 Å². The minimum atomic E-state index is -0.753. The molecule has 14 heavy (non-hydrogen) atoms. The van der Waals surface area contributed by atoms with Gasteiger partial charge in [0.25, 0.3) is 0 Å². The quantitative estimate of drug-likeness (QED) is 0.709. The summed E-state index contributed by atoms with van der Waals surface area (Å²) in [4.78, 5) is 11.5. The fourth-order valence-electron chi connectivity index (χ4n) is 2.18. The van der Waals surface area contributed by atoms with Gasteiger partial charge in [-0.1, -0.05) is 24.3 Å². The molecule has 0 bridgehead atoms. The van der Waals surface area contributed by atoms with Crippen LogP contribution in [0.15, 0.2) is 24.3 Å². The lowest BCUT2D eigenvalue weighted by Crippen LogP contribution is -2.43. The molecule has 3 heteroatoms. The van der Waals surface area contributed by atoms with Gasteiger partial charge in [0.15, 0.2) is 0 Å². The summed E-state index contributed by atoms with van der Waals surface area (Å²) in [6.45, 7) is 0. The lowest BCUT2D eigenvalue weighted by atomic mass is 9.68. The van der Waals surface area contributed by atoms with E-state index in [4.69, 9.17) is 11.0 Å². The fourth-order valence-corrected chi connectivity index (χ4v) is 2.18. The molecule has 0 aromatic heterocycles. The molecular formula is C11H12N2O. The number of nitrogens with zero attached hydrogens (tertiary/aromatic N) is 1. The van der Waals surface area contributed by atoms with Gasteiger partial charge in [-0.05, 0) is 19.3 Å². The number of carbonyl (C=O) groups excluding carboxylic acids is 1. The maximum atomic E-state index is 11.5. The summed E-state index contributed by atoms with van der Waals surface area (Å²) >= 11 is 0. The molecule has 0 aromatic carbocycles. The van der Waals surface area contributed by atoms with Gasteiger partial charge in [0, 0.05) is 0 Å². The van der Waals surface area contributed by atoms with Crippen molar-refractivity contribution in [3.63, 3.8) is 0 Å². The third-order valence-corrected chi connectivity index (χ3v) is 3.33. The van der Waals surface area contributed by atoms with Gasteiger partial charge in [-0.2, -0.15) is 5.26 Å². The number of nitriles is 1. The Morgan fingerprint density at radius 3 is 2.50 bits per heavy atom. The Bertz CT molecular complexity index is 371. The molecule has 2 N–H and O–H groups in total. The molecule has 2 rings (SSSR count). The Morgan fingerprint density at radius 1 is 1.43 bits per heavy atom. The number of rotatable bonds is 2. The molecular weight excluding hydrogens is 176 g/mol. The zero-order chi connectivity index (χ0) is 10.2. The van der Waals surface area contributed by atoms with E-state index in [0.29, 0.717) is 6.42 Å². The molecule has 0 aliphatic heterocycles. The number of allylic oxidation sites excluding steroid dienone is 3. The lowest BCUT2D eigenvalue weighted by Gasteiger charge is -2.32. The van der Waals surface area contributed by atoms with Gasteiger partial charge < -0.3 is 5.73 Å². The molecule has 1 fully saturated rings. The summed E-state index contributed by atoms with van der Waals surface area (Å²) in [7, 11) is 0. The Morgan fingerprint density at radius 2 is 2.14 bits per heavy atom. The molecule has 1 amide bonds. The van der Waals surface area contributed by atoms with Crippen LogP contribution < -0.4 is 5.73 Å². The summed E-state index contributed by atoms with van der Waals surface area (Å²) < 4.78 is 0. The number of amides is 1. The maximum Gasteiger partial charge on any atom is 0.229 e. The van der Waals surface area contributed by atoms with Gasteiger partial charge in [-0.15, -0.1) is 0 Å². The molecule has 2 aliphatic rings. The van der Waals surface area contributed by atoms with Gasteiger partial charge in [0.1, 0.15) is 0 Å². The van der Waals surface area contributed by atoms with Crippen LogP contribution in [0.5, 0.6) is 0 Å². The van der Waals surface area contributed by atoms with Gasteiger partial charge in [-0.3, -0.25) is 4.79 Å². The van der Waals surface area contributed by atoms with Crippen molar-refractivity contribution in [3.05, 3.63) is 24.3 Å². The van der Waals surface area contributed by atoms with E-state index < -0.39 is 10.8 Å². The molecule has 0 heterocycles. The predicted molar refractivity (Wildman–Crippen MR) is 51.8 cm³/mol. The van der Waals surface area contributed by atoms with E-state index in [1.54, 1.807) is 6.08 Å². The highest BCUT2D eigenvalue weighted by Crippen LogP contribution is 2.61. The lowest BCUT2D eigenvalue weighted by molar-refractivity contribution is -0.127. The third-order valence-electron chi connectivity index (χ3n) is 3.33. The predicted octanol–water partition coefficient (Wildman–Crippen LogP) is 1.28. The zero-order valence-corrected chi connectivity index (χ0v) is 7.86. The van der Waals surface area contributed by atoms with Crippen molar-refractivity contribution in [3.8, 4) is 6.07 Å². The van der Waals surface area contributed by atoms with E-state index in [1.807, 2.05) is 18.2 Å². The van der Waals surface area contributed by atoms with Gasteiger partial charge in [0.05, 0.1) is 16.9 Å². The molecule has 1 unspecified atom stereocenters. The van der Waals surface area contributed by atoms with Crippen molar-refractivity contribution in [2.24, 2.45) is 16.6 Å². The highest BCUT2D eigenvalue weighted by Gasteiger charge is 2.61. The van der Waals surface area contributed by atoms with Crippen LogP contribution in [0.1, 0.15) is 19.3 Å². The Labute approximate surface area is 82.9 Å². The van der Waals surface area contributed by atoms with Crippen LogP contribution >= 0.6 is 0 Å². The average molecular weight is 188 g/mol. The Hall–Kier alpha value is -1.56. The van der Waals surface area contributed by atoms with Crippen molar-refractivity contribution < 1.29 is 4.79 Å². The number of hydrogen-bond acceptors (Lipinski definition) is 2. The van der Waals surface area contributed by atoms with E-state index in [2.05, 4.69) is 6.07 Å². The first-order valence-corrected chi connectivity index (χ1v) is 4.72. The second kappa shape index (κ2) is 2.71. The molecule has 1 saturated carbocycles. The van der Waals surface area contributed by atoms with Crippen molar-refractivity contribution in [2.45, 2.75) is 19.3 Å². The second-order valence-electron chi connectivity index (χ2n) is 4.02. The van der Waals surface area contributed by atoms with Gasteiger partial charge >= 0.3 is 0 Å². The van der Waals surface area contributed by atoms with E-state index in [1.165, 1.54) is 0 Å². The maximum absolute atomic E-state index is 11.5. The summed E-state index contributed by atoms with van der Waals surface area (Å²) in [5.74, 6) is -0.378. The van der Waals surface area contributed by atoms with Crippen LogP contribution in [0.2, 0.25) is 0 Å². The first-order valence-electron chi connectivity index (χ1n) is 4.72. The van der Waals surface area contributed by atoms with Crippen molar-refractivity contribution >= 4 is 5.91 Å². The standard InChI is InChI=1S/C11H12N2O/c12-8-10(6-7-10)11(9(13)14)4-2-1-3-5-11/h1-4H,5-7H2,(H2,13,14). The SMILES string of the molecule is N#CC1(C2(C(N)=O)C=CC=CC2)CC1. The van der Waals surface area contributed by atoms with Gasteiger partial charge in [0.2, 0.25) is 5.91 Å². The average Bonchev–Trinajstić information content (AvgIpc) is 2.99. The Kier molecular flexibility index (Phi) is 1.75. The molecule has 1 atom stereocenters. The summed E-state index contributed by atoms with van der Waals surface area (Å²) in [6.07, 6.45) is 9.52. The monoisotopic (exact) mass is 188 g/mol. The van der Waals surface area contributed by atoms with E-state index in [-0.39, 0.29) is 5.91 Å². The highest BCUT2D eigenvalue weighted by atomic mass is 16.1. The van der Waals surface area contributed by atoms with E-state index in [0.717, 1.165) is 12.8 Å². The molecule has 0 aromatic rings. The fraction of sp³-hybridized carbons (Fsp3) is 0.455. The van der Waals surface area contributed by atoms with E-state index >= 15 is 0 Å². The van der Waals surface area contributed by atoms with Crippen LogP contribution in [-0.4, -0.2) is 5.91 Å². The third kappa shape index (κ3) is 0.941. The van der Waals surface area contributed by atoms with Crippen LogP contribution in [0.25, 0.3) is 0 Å². The van der Waals surface area contributed by atoms with Crippen LogP contribution in [0.3, 0.4) is 0 Å². The van der Waals surface area contributed by atoms with Crippen LogP contribution in [-0.2, 0) is 4.79 Å². The first kappa shape index (κ1) is 9.01. The first-order chi connectivity index (χ1) is 6.67. The number of primary amides is 1. The highest BCUT2D eigenvalue weighted by molar-refractivity contribution is 5.86. The number of hydrogen-bond donors (Lipinski definition) is 1. The topological polar surface area (TPSA) is 66.9 Å². The minimum Gasteiger partial charge on any atom is -0.369 e. The zero-order valence-electron chi connectivity index (χ0n) is 7.86. The molecule has 0 radical (unpaired) electrons. The molecule has 0 saturated heterocycles. The van der Waals surface area contributed by atoms with Crippen molar-refractivity contribution in [2.75, 3.05) is 0 Å². The largest absolute Gasteiger partial charge is 0.369 e. The molecule has 2 aliphatic carbocycles. The van der Waals surface area contributed by atoms with Crippen LogP contribution in [0.4, 0.5) is 0 Å². The van der Waals surface area contributed by atoms with Gasteiger partial charge in [-0.25, -0.2) is 0 Å². The minimum absolute atomic E-state index is 0.378. The second-order valence-corrected chi connectivity index (χ2v) is 4.02. The van der Waals surface area contributed by atoms with Crippen molar-refractivity contribution in [1.82, 2.24) is 0 Å². The Balaban J connectivity index is 2.43. The van der Waals surface area contributed by atoms with E-state index in [9.17, 15) is 4.79 Å². The number of nitrogens with two attached hydrogens (primary N) is 1. The molecule has 3 nitrogen and oxygen atoms in total. The summed E-state index contributed by atoms with van der Waals surface area (Å²) in [5.41, 5.74) is 4.15. The smallest absolute Gasteiger partial charge is 0.229 e. The summed E-state index contributed by atoms with van der Waals surface area (Å²) in [5, 5.41) is 9.11. The number of carbonyl (C=O) groups is 1. The summed E-state index contributed by atoms with van der Waals surface area (Å²) in [6, 6.07) is 2.26. The van der Waals surface area contributed by atoms with Crippen molar-refractivity contribution in [1.29, 1.82) is 5.26 Å². The molecule has 0 spiro atoms. The molecule has 72 valence electrons.